The molecule has 4 aromatic rings. The monoisotopic (exact) mass is 581 g/mol. The molecule has 0 bridgehead atoms. The van der Waals surface area contributed by atoms with Crippen molar-refractivity contribution in [1.29, 1.82) is 0 Å². The van der Waals surface area contributed by atoms with Crippen LogP contribution in [0.25, 0.3) is 0 Å². The van der Waals surface area contributed by atoms with E-state index in [0.717, 1.165) is 39.4 Å². The lowest BCUT2D eigenvalue weighted by atomic mass is 10.1. The molecule has 0 heterocycles. The van der Waals surface area contributed by atoms with Crippen LogP contribution in [0.15, 0.2) is 91.0 Å². The Balaban J connectivity index is 1.58. The summed E-state index contributed by atoms with van der Waals surface area (Å²) in [6.45, 7) is 6.65. The number of para-hydroxylation sites is 1. The van der Waals surface area contributed by atoms with Gasteiger partial charge in [0, 0.05) is 50.5 Å². The number of aliphatic carboxylic acids is 1. The Morgan fingerprint density at radius 3 is 1.93 bits per heavy atom. The highest BCUT2D eigenvalue weighted by Gasteiger charge is 2.18. The quantitative estimate of drug-likeness (QED) is 0.170. The molecule has 43 heavy (non-hydrogen) atoms. The van der Waals surface area contributed by atoms with Crippen LogP contribution in [0.1, 0.15) is 39.8 Å². The summed E-state index contributed by atoms with van der Waals surface area (Å²) in [4.78, 5) is 15.8. The molecule has 7 nitrogen and oxygen atoms in total. The number of carbonyl (C=O) groups is 1. The fourth-order valence-electron chi connectivity index (χ4n) is 4.95. The number of benzene rings is 4. The van der Waals surface area contributed by atoms with Crippen LogP contribution in [0.3, 0.4) is 0 Å². The third kappa shape index (κ3) is 9.60. The number of ether oxygens (including phenoxy) is 2. The van der Waals surface area contributed by atoms with Crippen molar-refractivity contribution in [2.45, 2.75) is 52.6 Å². The van der Waals surface area contributed by atoms with Gasteiger partial charge >= 0.3 is 5.97 Å². The summed E-state index contributed by atoms with van der Waals surface area (Å²) < 4.78 is 12.6. The van der Waals surface area contributed by atoms with E-state index in [1.807, 2.05) is 56.6 Å². The summed E-state index contributed by atoms with van der Waals surface area (Å²) in [5.74, 6) is 0.594. The van der Waals surface area contributed by atoms with Gasteiger partial charge in [0.1, 0.15) is 30.8 Å². The Hall–Kier alpha value is -4.33. The number of nitrogens with two attached hydrogens (primary N) is 1. The molecule has 0 unspecified atom stereocenters. The van der Waals surface area contributed by atoms with Crippen LogP contribution in [0.2, 0.25) is 0 Å². The Bertz CT molecular complexity index is 1500. The Morgan fingerprint density at radius 2 is 1.35 bits per heavy atom. The van der Waals surface area contributed by atoms with Crippen LogP contribution in [0.5, 0.6) is 11.5 Å². The van der Waals surface area contributed by atoms with Gasteiger partial charge in [-0.3, -0.25) is 9.69 Å². The SMILES string of the molecule is Cc1cccc(COc2ccccc2CN(CC[C@H](N)C(=O)O)Cc2cc(N(C)C)ccc2OCc2cccc(C)c2)c1. The number of rotatable bonds is 15. The van der Waals surface area contributed by atoms with E-state index in [9.17, 15) is 9.90 Å². The first kappa shape index (κ1) is 31.6. The zero-order chi connectivity index (χ0) is 30.8. The predicted octanol–water partition coefficient (Wildman–Crippen LogP) is 6.33. The molecular formula is C36H43N3O4. The molecule has 0 saturated heterocycles. The highest BCUT2D eigenvalue weighted by molar-refractivity contribution is 5.73. The molecule has 0 amide bonds. The maximum atomic E-state index is 11.6. The van der Waals surface area contributed by atoms with E-state index in [1.165, 1.54) is 11.1 Å². The molecule has 0 aromatic heterocycles. The highest BCUT2D eigenvalue weighted by atomic mass is 16.5. The Labute approximate surface area is 255 Å². The van der Waals surface area contributed by atoms with E-state index < -0.39 is 12.0 Å². The minimum Gasteiger partial charge on any atom is -0.489 e. The molecule has 0 radical (unpaired) electrons. The molecule has 4 aromatic carbocycles. The van der Waals surface area contributed by atoms with Crippen molar-refractivity contribution in [3.05, 3.63) is 124 Å². The molecule has 226 valence electrons. The van der Waals surface area contributed by atoms with Gasteiger partial charge in [-0.05, 0) is 55.7 Å². The second-order valence-electron chi connectivity index (χ2n) is 11.3. The minimum atomic E-state index is -1.00. The van der Waals surface area contributed by atoms with Crippen LogP contribution >= 0.6 is 0 Å². The third-order valence-electron chi connectivity index (χ3n) is 7.35. The first-order valence-corrected chi connectivity index (χ1v) is 14.6. The molecule has 0 aliphatic rings. The highest BCUT2D eigenvalue weighted by Crippen LogP contribution is 2.29. The van der Waals surface area contributed by atoms with Crippen molar-refractivity contribution in [3.63, 3.8) is 0 Å². The summed E-state index contributed by atoms with van der Waals surface area (Å²) in [7, 11) is 4.02. The average Bonchev–Trinajstić information content (AvgIpc) is 2.98. The van der Waals surface area contributed by atoms with Crippen molar-refractivity contribution < 1.29 is 19.4 Å². The molecular weight excluding hydrogens is 538 g/mol. The molecule has 0 spiro atoms. The molecule has 7 heteroatoms. The molecule has 0 fully saturated rings. The van der Waals surface area contributed by atoms with E-state index in [0.29, 0.717) is 39.3 Å². The fraction of sp³-hybridized carbons (Fsp3) is 0.306. The van der Waals surface area contributed by atoms with Gasteiger partial charge in [-0.2, -0.15) is 0 Å². The van der Waals surface area contributed by atoms with E-state index in [2.05, 4.69) is 72.2 Å². The number of hydrogen-bond acceptors (Lipinski definition) is 6. The number of aryl methyl sites for hydroxylation is 2. The van der Waals surface area contributed by atoms with E-state index in [4.69, 9.17) is 15.2 Å². The van der Waals surface area contributed by atoms with Crippen molar-refractivity contribution in [3.8, 4) is 11.5 Å². The largest absolute Gasteiger partial charge is 0.489 e. The van der Waals surface area contributed by atoms with E-state index in [-0.39, 0.29) is 0 Å². The molecule has 0 aliphatic carbocycles. The number of anilines is 1. The van der Waals surface area contributed by atoms with Gasteiger partial charge in [0.05, 0.1) is 0 Å². The summed E-state index contributed by atoms with van der Waals surface area (Å²) in [6, 6.07) is 29.9. The topological polar surface area (TPSA) is 88.3 Å². The summed E-state index contributed by atoms with van der Waals surface area (Å²) >= 11 is 0. The van der Waals surface area contributed by atoms with Gasteiger partial charge in [-0.1, -0.05) is 77.9 Å². The van der Waals surface area contributed by atoms with Crippen molar-refractivity contribution in [2.75, 3.05) is 25.5 Å². The van der Waals surface area contributed by atoms with Crippen LogP contribution < -0.4 is 20.1 Å². The summed E-state index contributed by atoms with van der Waals surface area (Å²) in [5.41, 5.74) is 13.6. The van der Waals surface area contributed by atoms with E-state index in [1.54, 1.807) is 0 Å². The average molecular weight is 582 g/mol. The molecule has 0 saturated carbocycles. The van der Waals surface area contributed by atoms with Gasteiger partial charge < -0.3 is 25.2 Å². The van der Waals surface area contributed by atoms with Crippen molar-refractivity contribution in [2.24, 2.45) is 5.73 Å². The molecule has 4 rings (SSSR count). The summed E-state index contributed by atoms with van der Waals surface area (Å²) in [6.07, 6.45) is 0.314. The molecule has 0 aliphatic heterocycles. The van der Waals surface area contributed by atoms with E-state index >= 15 is 0 Å². The van der Waals surface area contributed by atoms with Crippen LogP contribution in [0.4, 0.5) is 5.69 Å². The van der Waals surface area contributed by atoms with Gasteiger partial charge in [0.15, 0.2) is 0 Å². The lowest BCUT2D eigenvalue weighted by Gasteiger charge is -2.26. The van der Waals surface area contributed by atoms with Gasteiger partial charge in [0.25, 0.3) is 0 Å². The number of hydrogen-bond donors (Lipinski definition) is 2. The van der Waals surface area contributed by atoms with Crippen LogP contribution in [-0.4, -0.2) is 42.7 Å². The van der Waals surface area contributed by atoms with Gasteiger partial charge in [0.2, 0.25) is 0 Å². The van der Waals surface area contributed by atoms with Crippen LogP contribution in [-0.2, 0) is 31.1 Å². The lowest BCUT2D eigenvalue weighted by Crippen LogP contribution is -2.35. The van der Waals surface area contributed by atoms with Crippen molar-refractivity contribution >= 4 is 11.7 Å². The smallest absolute Gasteiger partial charge is 0.320 e. The lowest BCUT2D eigenvalue weighted by molar-refractivity contribution is -0.138. The third-order valence-corrected chi connectivity index (χ3v) is 7.35. The maximum absolute atomic E-state index is 11.6. The molecule has 1 atom stereocenters. The van der Waals surface area contributed by atoms with Gasteiger partial charge in [-0.15, -0.1) is 0 Å². The first-order chi connectivity index (χ1) is 20.7. The van der Waals surface area contributed by atoms with Crippen LogP contribution in [0, 0.1) is 13.8 Å². The number of carboxylic acid groups (broad SMARTS) is 1. The maximum Gasteiger partial charge on any atom is 0.320 e. The zero-order valence-electron chi connectivity index (χ0n) is 25.6. The first-order valence-electron chi connectivity index (χ1n) is 14.6. The normalized spacial score (nSPS) is 11.8. The molecule has 3 N–H and O–H groups in total. The minimum absolute atomic E-state index is 0.314. The van der Waals surface area contributed by atoms with Crippen molar-refractivity contribution in [1.82, 2.24) is 4.90 Å². The predicted molar refractivity (Wildman–Crippen MR) is 173 cm³/mol. The second kappa shape index (κ2) is 15.2. The Kier molecular flexibility index (Phi) is 11.2. The Morgan fingerprint density at radius 1 is 0.767 bits per heavy atom. The fourth-order valence-corrected chi connectivity index (χ4v) is 4.95. The zero-order valence-corrected chi connectivity index (χ0v) is 25.6. The number of carboxylic acids is 1. The van der Waals surface area contributed by atoms with Gasteiger partial charge in [-0.25, -0.2) is 0 Å². The summed E-state index contributed by atoms with van der Waals surface area (Å²) in [5, 5.41) is 9.47. The standard InChI is InChI=1S/C36H43N3O4/c1-26-9-7-11-28(19-26)24-42-34-14-6-5-13-30(34)22-39(18-17-33(37)36(40)41)23-31-21-32(38(3)4)15-16-35(31)43-25-29-12-8-10-27(2)20-29/h5-16,19-21,33H,17-18,22-25,37H2,1-4H3,(H,40,41)/t33-/m0/s1. The second-order valence-corrected chi connectivity index (χ2v) is 11.3. The number of nitrogens with zero attached hydrogens (tertiary/aromatic N) is 2.